The van der Waals surface area contributed by atoms with Crippen molar-refractivity contribution in [2.75, 3.05) is 49.5 Å². The number of aromatic nitrogens is 2. The summed E-state index contributed by atoms with van der Waals surface area (Å²) >= 11 is 0. The zero-order valence-electron chi connectivity index (χ0n) is 15.7. The Bertz CT molecular complexity index is 699. The van der Waals surface area contributed by atoms with Gasteiger partial charge in [0.2, 0.25) is 0 Å². The number of halogens is 3. The molecule has 28 heavy (non-hydrogen) atoms. The maximum atomic E-state index is 12.4. The number of aliphatic hydroxyl groups excluding tert-OH is 1. The van der Waals surface area contributed by atoms with Crippen molar-refractivity contribution in [2.24, 2.45) is 0 Å². The van der Waals surface area contributed by atoms with Crippen molar-refractivity contribution in [3.63, 3.8) is 0 Å². The van der Waals surface area contributed by atoms with Gasteiger partial charge in [0.1, 0.15) is 18.0 Å². The summed E-state index contributed by atoms with van der Waals surface area (Å²) in [5, 5.41) is 13.4. The average Bonchev–Trinajstić information content (AvgIpc) is 2.71. The largest absolute Gasteiger partial charge is 0.390 e. The number of nitrogens with one attached hydrogen (secondary N) is 1. The maximum absolute atomic E-state index is 12.4. The van der Waals surface area contributed by atoms with Gasteiger partial charge < -0.3 is 15.3 Å². The SMILES string of the molecule is O[C@@H](CNc1cc(N2CCN(CCC(F)(F)F)CC2)ncn1)C1=CCCC=C1. The van der Waals surface area contributed by atoms with Crippen LogP contribution in [0.4, 0.5) is 24.8 Å². The first-order valence-electron chi connectivity index (χ1n) is 9.55. The van der Waals surface area contributed by atoms with E-state index in [9.17, 15) is 18.3 Å². The average molecular weight is 397 g/mol. The fourth-order valence-corrected chi connectivity index (χ4v) is 3.30. The van der Waals surface area contributed by atoms with Crippen molar-refractivity contribution < 1.29 is 18.3 Å². The molecule has 2 aliphatic rings. The third-order valence-electron chi connectivity index (χ3n) is 4.95. The van der Waals surface area contributed by atoms with Crippen LogP contribution in [0.25, 0.3) is 0 Å². The molecule has 0 spiro atoms. The molecule has 6 nitrogen and oxygen atoms in total. The maximum Gasteiger partial charge on any atom is 0.390 e. The Morgan fingerprint density at radius 3 is 2.61 bits per heavy atom. The van der Waals surface area contributed by atoms with E-state index in [0.29, 0.717) is 38.5 Å². The third kappa shape index (κ3) is 6.20. The Morgan fingerprint density at radius 2 is 1.93 bits per heavy atom. The Morgan fingerprint density at radius 1 is 1.14 bits per heavy atom. The highest BCUT2D eigenvalue weighted by atomic mass is 19.4. The Hall–Kier alpha value is -2.13. The van der Waals surface area contributed by atoms with Crippen LogP contribution in [0.15, 0.2) is 36.2 Å². The summed E-state index contributed by atoms with van der Waals surface area (Å²) in [6, 6.07) is 1.81. The van der Waals surface area contributed by atoms with Crippen LogP contribution >= 0.6 is 0 Å². The molecule has 0 saturated carbocycles. The summed E-state index contributed by atoms with van der Waals surface area (Å²) < 4.78 is 37.1. The molecular formula is C19H26F3N5O. The molecule has 0 aromatic carbocycles. The minimum absolute atomic E-state index is 0.0378. The van der Waals surface area contributed by atoms with E-state index in [2.05, 4.69) is 21.4 Å². The minimum Gasteiger partial charge on any atom is -0.387 e. The Kier molecular flexibility index (Phi) is 6.90. The van der Waals surface area contributed by atoms with E-state index in [0.717, 1.165) is 24.2 Å². The van der Waals surface area contributed by atoms with E-state index >= 15 is 0 Å². The van der Waals surface area contributed by atoms with Gasteiger partial charge in [0, 0.05) is 45.3 Å². The van der Waals surface area contributed by atoms with E-state index < -0.39 is 18.7 Å². The van der Waals surface area contributed by atoms with Gasteiger partial charge in [-0.05, 0) is 18.4 Å². The molecule has 1 aromatic rings. The van der Waals surface area contributed by atoms with Gasteiger partial charge in [0.25, 0.3) is 0 Å². The van der Waals surface area contributed by atoms with Crippen molar-refractivity contribution in [3.05, 3.63) is 36.2 Å². The number of allylic oxidation sites excluding steroid dienone is 2. The molecule has 3 rings (SSSR count). The van der Waals surface area contributed by atoms with Gasteiger partial charge in [0.15, 0.2) is 0 Å². The van der Waals surface area contributed by atoms with Gasteiger partial charge in [-0.3, -0.25) is 4.90 Å². The normalized spacial score (nSPS) is 19.4. The number of piperazine rings is 1. The van der Waals surface area contributed by atoms with Gasteiger partial charge in [0.05, 0.1) is 12.5 Å². The smallest absolute Gasteiger partial charge is 0.387 e. The second-order valence-corrected chi connectivity index (χ2v) is 7.04. The zero-order valence-corrected chi connectivity index (χ0v) is 15.7. The summed E-state index contributed by atoms with van der Waals surface area (Å²) in [5.41, 5.74) is 0.906. The summed E-state index contributed by atoms with van der Waals surface area (Å²) in [4.78, 5) is 12.3. The summed E-state index contributed by atoms with van der Waals surface area (Å²) in [6.45, 7) is 2.77. The van der Waals surface area contributed by atoms with Crippen LogP contribution < -0.4 is 10.2 Å². The topological polar surface area (TPSA) is 64.5 Å². The third-order valence-corrected chi connectivity index (χ3v) is 4.95. The lowest BCUT2D eigenvalue weighted by molar-refractivity contribution is -0.138. The van der Waals surface area contributed by atoms with E-state index in [1.165, 1.54) is 6.33 Å². The lowest BCUT2D eigenvalue weighted by atomic mass is 10.0. The van der Waals surface area contributed by atoms with Gasteiger partial charge in [-0.25, -0.2) is 9.97 Å². The predicted octanol–water partition coefficient (Wildman–Crippen LogP) is 2.60. The number of hydrogen-bond donors (Lipinski definition) is 2. The molecule has 0 bridgehead atoms. The molecule has 0 radical (unpaired) electrons. The van der Waals surface area contributed by atoms with E-state index in [-0.39, 0.29) is 6.54 Å². The second kappa shape index (κ2) is 9.38. The van der Waals surface area contributed by atoms with Crippen molar-refractivity contribution in [3.8, 4) is 0 Å². The van der Waals surface area contributed by atoms with Crippen LogP contribution in [-0.2, 0) is 0 Å². The van der Waals surface area contributed by atoms with Crippen LogP contribution in [-0.4, -0.2) is 71.5 Å². The minimum atomic E-state index is -4.11. The van der Waals surface area contributed by atoms with E-state index in [1.807, 2.05) is 28.0 Å². The van der Waals surface area contributed by atoms with Gasteiger partial charge in [-0.15, -0.1) is 0 Å². The molecule has 154 valence electrons. The molecule has 1 atom stereocenters. The second-order valence-electron chi connectivity index (χ2n) is 7.04. The fourth-order valence-electron chi connectivity index (χ4n) is 3.30. The lowest BCUT2D eigenvalue weighted by Crippen LogP contribution is -2.47. The molecule has 1 fully saturated rings. The van der Waals surface area contributed by atoms with Crippen LogP contribution in [0.2, 0.25) is 0 Å². The highest BCUT2D eigenvalue weighted by molar-refractivity contribution is 5.49. The summed E-state index contributed by atoms with van der Waals surface area (Å²) in [7, 11) is 0. The molecular weight excluding hydrogens is 371 g/mol. The quantitative estimate of drug-likeness (QED) is 0.738. The van der Waals surface area contributed by atoms with Crippen LogP contribution in [0.1, 0.15) is 19.3 Å². The molecule has 1 aliphatic carbocycles. The van der Waals surface area contributed by atoms with E-state index in [1.54, 1.807) is 0 Å². The monoisotopic (exact) mass is 397 g/mol. The molecule has 0 amide bonds. The van der Waals surface area contributed by atoms with Gasteiger partial charge in [-0.2, -0.15) is 13.2 Å². The first-order chi connectivity index (χ1) is 13.4. The molecule has 2 N–H and O–H groups in total. The van der Waals surface area contributed by atoms with Crippen LogP contribution in [0, 0.1) is 0 Å². The number of rotatable bonds is 7. The first kappa shape index (κ1) is 20.6. The zero-order chi connectivity index (χ0) is 20.0. The van der Waals surface area contributed by atoms with Crippen LogP contribution in [0.5, 0.6) is 0 Å². The van der Waals surface area contributed by atoms with Crippen molar-refractivity contribution in [2.45, 2.75) is 31.5 Å². The summed E-state index contributed by atoms with van der Waals surface area (Å²) in [5.74, 6) is 1.35. The highest BCUT2D eigenvalue weighted by Crippen LogP contribution is 2.21. The van der Waals surface area contributed by atoms with Crippen molar-refractivity contribution in [1.29, 1.82) is 0 Å². The number of anilines is 2. The fraction of sp³-hybridized carbons (Fsp3) is 0.579. The first-order valence-corrected chi connectivity index (χ1v) is 9.55. The molecule has 1 aromatic heterocycles. The number of nitrogens with zero attached hydrogens (tertiary/aromatic N) is 4. The lowest BCUT2D eigenvalue weighted by Gasteiger charge is -2.35. The Labute approximate surface area is 162 Å². The van der Waals surface area contributed by atoms with Crippen molar-refractivity contribution in [1.82, 2.24) is 14.9 Å². The molecule has 0 unspecified atom stereocenters. The van der Waals surface area contributed by atoms with Crippen LogP contribution in [0.3, 0.4) is 0 Å². The van der Waals surface area contributed by atoms with Gasteiger partial charge >= 0.3 is 6.18 Å². The standard InChI is InChI=1S/C19H26F3N5O/c20-19(21,22)6-7-26-8-10-27(11-9-26)18-12-17(24-14-25-18)23-13-16(28)15-4-2-1-3-5-15/h2,4-5,12,14,16,28H,1,3,6-11,13H2,(H,23,24,25)/t16-/m0/s1. The molecule has 2 heterocycles. The molecule has 9 heteroatoms. The van der Waals surface area contributed by atoms with E-state index in [4.69, 9.17) is 0 Å². The molecule has 1 saturated heterocycles. The predicted molar refractivity (Wildman–Crippen MR) is 102 cm³/mol. The van der Waals surface area contributed by atoms with Gasteiger partial charge in [-0.1, -0.05) is 18.2 Å². The molecule has 1 aliphatic heterocycles. The summed E-state index contributed by atoms with van der Waals surface area (Å²) in [6.07, 6.45) is 3.94. The number of alkyl halides is 3. The van der Waals surface area contributed by atoms with Crippen molar-refractivity contribution >= 4 is 11.6 Å². The number of hydrogen-bond acceptors (Lipinski definition) is 6. The highest BCUT2D eigenvalue weighted by Gasteiger charge is 2.29. The Balaban J connectivity index is 1.48. The number of aliphatic hydroxyl groups is 1.